The fraction of sp³-hybridized carbons (Fsp3) is 0.200. The second kappa shape index (κ2) is 7.62. The maximum Gasteiger partial charge on any atom is 0.358 e. The molecule has 0 unspecified atom stereocenters. The first-order valence-electron chi connectivity index (χ1n) is 8.28. The number of aryl methyl sites for hydroxylation is 1. The summed E-state index contributed by atoms with van der Waals surface area (Å²) in [5, 5.41) is 14.4. The van der Waals surface area contributed by atoms with E-state index >= 15 is 0 Å². The van der Waals surface area contributed by atoms with Crippen LogP contribution in [-0.2, 0) is 11.2 Å². The number of rotatable bonds is 5. The molecule has 0 aliphatic carbocycles. The number of aromatic hydroxyl groups is 1. The maximum atomic E-state index is 12.1. The summed E-state index contributed by atoms with van der Waals surface area (Å²) in [6.07, 6.45) is 0.525. The van der Waals surface area contributed by atoms with Crippen molar-refractivity contribution in [3.63, 3.8) is 0 Å². The van der Waals surface area contributed by atoms with Crippen LogP contribution in [0.2, 0.25) is 5.02 Å². The summed E-state index contributed by atoms with van der Waals surface area (Å²) in [6.45, 7) is 4.00. The molecule has 0 radical (unpaired) electrons. The van der Waals surface area contributed by atoms with Gasteiger partial charge >= 0.3 is 5.97 Å². The van der Waals surface area contributed by atoms with Gasteiger partial charge in [-0.1, -0.05) is 29.8 Å². The van der Waals surface area contributed by atoms with Gasteiger partial charge in [-0.3, -0.25) is 0 Å². The van der Waals surface area contributed by atoms with Crippen LogP contribution in [0.15, 0.2) is 48.5 Å². The van der Waals surface area contributed by atoms with Gasteiger partial charge in [-0.15, -0.1) is 0 Å². The molecular weight excluding hydrogens is 352 g/mol. The molecule has 0 amide bonds. The first-order valence-corrected chi connectivity index (χ1v) is 8.66. The predicted octanol–water partition coefficient (Wildman–Crippen LogP) is 4.31. The number of hydrogen-bond donors (Lipinski definition) is 1. The largest absolute Gasteiger partial charge is 0.508 e. The van der Waals surface area contributed by atoms with Crippen molar-refractivity contribution in [2.75, 3.05) is 6.61 Å². The Morgan fingerprint density at radius 1 is 1.19 bits per heavy atom. The highest BCUT2D eigenvalue weighted by molar-refractivity contribution is 6.32. The van der Waals surface area contributed by atoms with Crippen LogP contribution in [0.4, 0.5) is 0 Å². The molecule has 3 rings (SSSR count). The van der Waals surface area contributed by atoms with Gasteiger partial charge in [0.1, 0.15) is 5.75 Å². The van der Waals surface area contributed by atoms with Gasteiger partial charge in [0.05, 0.1) is 17.3 Å². The third-order valence-corrected chi connectivity index (χ3v) is 4.24. The zero-order chi connectivity index (χ0) is 18.7. The monoisotopic (exact) mass is 370 g/mol. The Morgan fingerprint density at radius 3 is 2.62 bits per heavy atom. The standard InChI is InChI=1S/C20H19ClN2O3/c1-3-26-20(25)18-12-15(11-14-5-7-16(24)8-6-14)23(22-18)19-10-13(2)4-9-17(19)21/h4-10,12,24H,3,11H2,1-2H3. The molecule has 1 N–H and O–H groups in total. The number of esters is 1. The molecule has 134 valence electrons. The van der Waals surface area contributed by atoms with Gasteiger partial charge in [0.2, 0.25) is 0 Å². The molecule has 1 aromatic heterocycles. The lowest BCUT2D eigenvalue weighted by Gasteiger charge is -2.10. The van der Waals surface area contributed by atoms with E-state index in [1.165, 1.54) is 0 Å². The van der Waals surface area contributed by atoms with Crippen LogP contribution in [0.3, 0.4) is 0 Å². The molecule has 0 atom stereocenters. The van der Waals surface area contributed by atoms with Crippen LogP contribution < -0.4 is 0 Å². The molecule has 26 heavy (non-hydrogen) atoms. The quantitative estimate of drug-likeness (QED) is 0.680. The third-order valence-electron chi connectivity index (χ3n) is 3.92. The maximum absolute atomic E-state index is 12.1. The molecule has 0 fully saturated rings. The molecular formula is C20H19ClN2O3. The van der Waals surface area contributed by atoms with Gasteiger partial charge in [-0.25, -0.2) is 9.48 Å². The number of halogens is 1. The van der Waals surface area contributed by atoms with E-state index < -0.39 is 5.97 Å². The van der Waals surface area contributed by atoms with E-state index in [1.54, 1.807) is 29.8 Å². The van der Waals surface area contributed by atoms with E-state index in [0.717, 1.165) is 16.8 Å². The second-order valence-electron chi connectivity index (χ2n) is 5.95. The number of aromatic nitrogens is 2. The number of phenolic OH excluding ortho intramolecular Hbond substituents is 1. The van der Waals surface area contributed by atoms with Crippen molar-refractivity contribution in [2.45, 2.75) is 20.3 Å². The second-order valence-corrected chi connectivity index (χ2v) is 6.36. The van der Waals surface area contributed by atoms with Crippen LogP contribution >= 0.6 is 11.6 Å². The topological polar surface area (TPSA) is 64.3 Å². The smallest absolute Gasteiger partial charge is 0.358 e. The summed E-state index contributed by atoms with van der Waals surface area (Å²) in [5.74, 6) is -0.266. The Balaban J connectivity index is 2.07. The Kier molecular flexibility index (Phi) is 5.28. The first-order chi connectivity index (χ1) is 12.5. The van der Waals surface area contributed by atoms with Crippen LogP contribution in [0.25, 0.3) is 5.69 Å². The van der Waals surface area contributed by atoms with Crippen molar-refractivity contribution in [3.05, 3.63) is 76.1 Å². The highest BCUT2D eigenvalue weighted by Crippen LogP contribution is 2.25. The summed E-state index contributed by atoms with van der Waals surface area (Å²) < 4.78 is 6.75. The minimum Gasteiger partial charge on any atom is -0.508 e. The summed E-state index contributed by atoms with van der Waals surface area (Å²) in [5.41, 5.74) is 3.75. The van der Waals surface area contributed by atoms with Gasteiger partial charge in [0.15, 0.2) is 5.69 Å². The number of nitrogens with zero attached hydrogens (tertiary/aromatic N) is 2. The Morgan fingerprint density at radius 2 is 1.92 bits per heavy atom. The SMILES string of the molecule is CCOC(=O)c1cc(Cc2ccc(O)cc2)n(-c2cc(C)ccc2Cl)n1. The molecule has 0 aliphatic heterocycles. The summed E-state index contributed by atoms with van der Waals surface area (Å²) in [6, 6.07) is 14.3. The van der Waals surface area contributed by atoms with E-state index in [1.807, 2.05) is 37.3 Å². The Bertz CT molecular complexity index is 933. The molecule has 1 heterocycles. The fourth-order valence-corrected chi connectivity index (χ4v) is 2.86. The van der Waals surface area contributed by atoms with Crippen LogP contribution in [0, 0.1) is 6.92 Å². The van der Waals surface area contributed by atoms with Crippen molar-refractivity contribution in [2.24, 2.45) is 0 Å². The molecule has 5 nitrogen and oxygen atoms in total. The van der Waals surface area contributed by atoms with Crippen molar-refractivity contribution >= 4 is 17.6 Å². The molecule has 0 bridgehead atoms. The number of benzene rings is 2. The van der Waals surface area contributed by atoms with Crippen molar-refractivity contribution in [1.82, 2.24) is 9.78 Å². The van der Waals surface area contributed by atoms with Crippen molar-refractivity contribution < 1.29 is 14.6 Å². The van der Waals surface area contributed by atoms with Crippen LogP contribution in [0.1, 0.15) is 34.2 Å². The van der Waals surface area contributed by atoms with Gasteiger partial charge in [0, 0.05) is 12.1 Å². The predicted molar refractivity (Wildman–Crippen MR) is 100 cm³/mol. The van der Waals surface area contributed by atoms with Gasteiger partial charge in [0.25, 0.3) is 0 Å². The van der Waals surface area contributed by atoms with E-state index in [0.29, 0.717) is 17.1 Å². The highest BCUT2D eigenvalue weighted by atomic mass is 35.5. The molecule has 0 aliphatic rings. The van der Waals surface area contributed by atoms with Crippen molar-refractivity contribution in [1.29, 1.82) is 0 Å². The summed E-state index contributed by atoms with van der Waals surface area (Å²) in [7, 11) is 0. The first kappa shape index (κ1) is 18.0. The van der Waals surface area contributed by atoms with E-state index in [-0.39, 0.29) is 18.1 Å². The Hall–Kier alpha value is -2.79. The number of carbonyl (C=O) groups excluding carboxylic acids is 1. The lowest BCUT2D eigenvalue weighted by atomic mass is 10.1. The number of carbonyl (C=O) groups is 1. The molecule has 6 heteroatoms. The third kappa shape index (κ3) is 3.89. The average molecular weight is 371 g/mol. The normalized spacial score (nSPS) is 10.7. The van der Waals surface area contributed by atoms with Gasteiger partial charge in [-0.2, -0.15) is 5.10 Å². The number of hydrogen-bond acceptors (Lipinski definition) is 4. The molecule has 2 aromatic carbocycles. The number of ether oxygens (including phenoxy) is 1. The lowest BCUT2D eigenvalue weighted by molar-refractivity contribution is 0.0519. The summed E-state index contributed by atoms with van der Waals surface area (Å²) in [4.78, 5) is 12.1. The van der Waals surface area contributed by atoms with Gasteiger partial charge in [-0.05, 0) is 55.3 Å². The fourth-order valence-electron chi connectivity index (χ4n) is 2.67. The summed E-state index contributed by atoms with van der Waals surface area (Å²) >= 11 is 6.37. The Labute approximate surface area is 156 Å². The zero-order valence-electron chi connectivity index (χ0n) is 14.6. The lowest BCUT2D eigenvalue weighted by Crippen LogP contribution is -2.07. The van der Waals surface area contributed by atoms with E-state index in [9.17, 15) is 9.90 Å². The minimum absolute atomic E-state index is 0.205. The van der Waals surface area contributed by atoms with Crippen LogP contribution in [-0.4, -0.2) is 27.5 Å². The highest BCUT2D eigenvalue weighted by Gasteiger charge is 2.18. The van der Waals surface area contributed by atoms with E-state index in [2.05, 4.69) is 5.10 Å². The van der Waals surface area contributed by atoms with E-state index in [4.69, 9.17) is 16.3 Å². The zero-order valence-corrected chi connectivity index (χ0v) is 15.3. The average Bonchev–Trinajstić information content (AvgIpc) is 3.03. The number of phenols is 1. The van der Waals surface area contributed by atoms with Gasteiger partial charge < -0.3 is 9.84 Å². The minimum atomic E-state index is -0.470. The molecule has 0 saturated heterocycles. The van der Waals surface area contributed by atoms with Crippen molar-refractivity contribution in [3.8, 4) is 11.4 Å². The molecule has 0 saturated carbocycles. The molecule has 3 aromatic rings. The van der Waals surface area contributed by atoms with Crippen LogP contribution in [0.5, 0.6) is 5.75 Å². The molecule has 0 spiro atoms.